The highest BCUT2D eigenvalue weighted by Gasteiger charge is 2.20. The van der Waals surface area contributed by atoms with E-state index in [0.717, 1.165) is 28.1 Å². The van der Waals surface area contributed by atoms with Crippen LogP contribution in [0.5, 0.6) is 0 Å². The van der Waals surface area contributed by atoms with Crippen molar-refractivity contribution in [1.82, 2.24) is 9.78 Å². The molecule has 0 bridgehead atoms. The predicted molar refractivity (Wildman–Crippen MR) is 82.8 cm³/mol. The van der Waals surface area contributed by atoms with Gasteiger partial charge in [0.2, 0.25) is 0 Å². The minimum atomic E-state index is -0.0870. The van der Waals surface area contributed by atoms with Gasteiger partial charge in [0.1, 0.15) is 5.15 Å². The summed E-state index contributed by atoms with van der Waals surface area (Å²) in [5.74, 6) is 0.224. The van der Waals surface area contributed by atoms with Crippen LogP contribution < -0.4 is 0 Å². The standard InChI is InChI=1S/C16H21ClN2O/c1-9(2)14-13(8-20)16(17)19(18-14)15-11(4)6-10(3)7-12(15)5/h6-7,9,20H,8H2,1-5H3. The van der Waals surface area contributed by atoms with E-state index < -0.39 is 0 Å². The van der Waals surface area contributed by atoms with Crippen LogP contribution in [0.4, 0.5) is 0 Å². The molecule has 0 saturated heterocycles. The second-order valence-electron chi connectivity index (χ2n) is 5.63. The molecule has 0 unspecified atom stereocenters. The van der Waals surface area contributed by atoms with Gasteiger partial charge >= 0.3 is 0 Å². The summed E-state index contributed by atoms with van der Waals surface area (Å²) in [6.07, 6.45) is 0. The number of hydrogen-bond acceptors (Lipinski definition) is 2. The van der Waals surface area contributed by atoms with Crippen LogP contribution in [-0.2, 0) is 6.61 Å². The van der Waals surface area contributed by atoms with Crippen molar-refractivity contribution in [2.24, 2.45) is 0 Å². The molecule has 0 atom stereocenters. The summed E-state index contributed by atoms with van der Waals surface area (Å²) in [4.78, 5) is 0. The lowest BCUT2D eigenvalue weighted by molar-refractivity contribution is 0.280. The summed E-state index contributed by atoms with van der Waals surface area (Å²) in [5, 5.41) is 14.7. The summed E-state index contributed by atoms with van der Waals surface area (Å²) in [7, 11) is 0. The van der Waals surface area contributed by atoms with Crippen LogP contribution in [0.25, 0.3) is 5.69 Å². The molecule has 0 radical (unpaired) electrons. The van der Waals surface area contributed by atoms with E-state index in [2.05, 4.69) is 51.9 Å². The van der Waals surface area contributed by atoms with Crippen molar-refractivity contribution in [2.45, 2.75) is 47.1 Å². The molecule has 1 aromatic heterocycles. The molecule has 0 aliphatic carbocycles. The molecular formula is C16H21ClN2O. The molecule has 20 heavy (non-hydrogen) atoms. The number of rotatable bonds is 3. The molecule has 1 aromatic carbocycles. The van der Waals surface area contributed by atoms with Gasteiger partial charge in [0.05, 0.1) is 18.0 Å². The highest BCUT2D eigenvalue weighted by atomic mass is 35.5. The molecule has 0 aliphatic rings. The fourth-order valence-corrected chi connectivity index (χ4v) is 2.99. The predicted octanol–water partition coefficient (Wildman–Crippen LogP) is 4.07. The number of aromatic nitrogens is 2. The topological polar surface area (TPSA) is 38.0 Å². The second-order valence-corrected chi connectivity index (χ2v) is 5.98. The van der Waals surface area contributed by atoms with Crippen LogP contribution in [0, 0.1) is 20.8 Å². The minimum Gasteiger partial charge on any atom is -0.391 e. The van der Waals surface area contributed by atoms with Crippen LogP contribution in [-0.4, -0.2) is 14.9 Å². The summed E-state index contributed by atoms with van der Waals surface area (Å²) in [5.41, 5.74) is 6.07. The van der Waals surface area contributed by atoms with Crippen LogP contribution >= 0.6 is 11.6 Å². The molecule has 1 heterocycles. The normalized spacial score (nSPS) is 11.4. The van der Waals surface area contributed by atoms with Gasteiger partial charge in [0.25, 0.3) is 0 Å². The number of aliphatic hydroxyl groups is 1. The van der Waals surface area contributed by atoms with Gasteiger partial charge < -0.3 is 5.11 Å². The first kappa shape index (κ1) is 15.1. The SMILES string of the molecule is Cc1cc(C)c(-n2nc(C(C)C)c(CO)c2Cl)c(C)c1. The molecule has 0 saturated carbocycles. The molecule has 108 valence electrons. The summed E-state index contributed by atoms with van der Waals surface area (Å²) < 4.78 is 1.76. The Morgan fingerprint density at radius 2 is 1.75 bits per heavy atom. The maximum Gasteiger partial charge on any atom is 0.138 e. The summed E-state index contributed by atoms with van der Waals surface area (Å²) in [6, 6.07) is 4.24. The molecule has 1 N–H and O–H groups in total. The average Bonchev–Trinajstić information content (AvgIpc) is 2.65. The second kappa shape index (κ2) is 5.58. The number of nitrogens with zero attached hydrogens (tertiary/aromatic N) is 2. The third-order valence-corrected chi connectivity index (χ3v) is 3.89. The molecular weight excluding hydrogens is 272 g/mol. The molecule has 2 rings (SSSR count). The first-order valence-electron chi connectivity index (χ1n) is 6.83. The van der Waals surface area contributed by atoms with Crippen molar-refractivity contribution in [3.63, 3.8) is 0 Å². The van der Waals surface area contributed by atoms with E-state index in [9.17, 15) is 5.11 Å². The number of aryl methyl sites for hydroxylation is 3. The Kier molecular flexibility index (Phi) is 4.21. The Morgan fingerprint density at radius 1 is 1.20 bits per heavy atom. The summed E-state index contributed by atoms with van der Waals surface area (Å²) in [6.45, 7) is 10.2. The zero-order valence-electron chi connectivity index (χ0n) is 12.7. The average molecular weight is 293 g/mol. The van der Waals surface area contributed by atoms with Gasteiger partial charge in [-0.3, -0.25) is 0 Å². The van der Waals surface area contributed by atoms with Gasteiger partial charge in [-0.25, -0.2) is 4.68 Å². The molecule has 0 aliphatic heterocycles. The van der Waals surface area contributed by atoms with Crippen LogP contribution in [0.1, 0.15) is 47.7 Å². The lowest BCUT2D eigenvalue weighted by Gasteiger charge is -2.12. The smallest absolute Gasteiger partial charge is 0.138 e. The fraction of sp³-hybridized carbons (Fsp3) is 0.438. The lowest BCUT2D eigenvalue weighted by atomic mass is 10.1. The van der Waals surface area contributed by atoms with Crippen molar-refractivity contribution in [3.05, 3.63) is 45.2 Å². The molecule has 2 aromatic rings. The Bertz CT molecular complexity index is 621. The third-order valence-electron chi connectivity index (χ3n) is 3.50. The van der Waals surface area contributed by atoms with Crippen molar-refractivity contribution in [2.75, 3.05) is 0 Å². The van der Waals surface area contributed by atoms with E-state index in [-0.39, 0.29) is 12.5 Å². The third kappa shape index (κ3) is 2.48. The number of hydrogen-bond donors (Lipinski definition) is 1. The van der Waals surface area contributed by atoms with E-state index in [1.807, 2.05) is 0 Å². The maximum atomic E-state index is 9.55. The van der Waals surface area contributed by atoms with E-state index in [0.29, 0.717) is 5.15 Å². The van der Waals surface area contributed by atoms with E-state index >= 15 is 0 Å². The van der Waals surface area contributed by atoms with Crippen molar-refractivity contribution in [3.8, 4) is 5.69 Å². The first-order chi connectivity index (χ1) is 9.36. The van der Waals surface area contributed by atoms with Crippen LogP contribution in [0.2, 0.25) is 5.15 Å². The number of halogens is 1. The van der Waals surface area contributed by atoms with Gasteiger partial charge in [0.15, 0.2) is 0 Å². The molecule has 0 fully saturated rings. The van der Waals surface area contributed by atoms with Gasteiger partial charge in [-0.05, 0) is 37.8 Å². The van der Waals surface area contributed by atoms with Gasteiger partial charge in [0, 0.05) is 5.56 Å². The highest BCUT2D eigenvalue weighted by Crippen LogP contribution is 2.31. The minimum absolute atomic E-state index is 0.0870. The molecule has 0 amide bonds. The monoisotopic (exact) mass is 292 g/mol. The first-order valence-corrected chi connectivity index (χ1v) is 7.21. The molecule has 3 nitrogen and oxygen atoms in total. The summed E-state index contributed by atoms with van der Waals surface area (Å²) >= 11 is 6.43. The lowest BCUT2D eigenvalue weighted by Crippen LogP contribution is -2.03. The highest BCUT2D eigenvalue weighted by molar-refractivity contribution is 6.30. The van der Waals surface area contributed by atoms with Gasteiger partial charge in [-0.2, -0.15) is 5.10 Å². The van der Waals surface area contributed by atoms with Crippen molar-refractivity contribution in [1.29, 1.82) is 0 Å². The Labute approximate surface area is 125 Å². The van der Waals surface area contributed by atoms with Gasteiger partial charge in [-0.1, -0.05) is 43.1 Å². The largest absolute Gasteiger partial charge is 0.391 e. The Balaban J connectivity index is 2.71. The zero-order valence-corrected chi connectivity index (χ0v) is 13.4. The molecule has 4 heteroatoms. The maximum absolute atomic E-state index is 9.55. The molecule has 0 spiro atoms. The fourth-order valence-electron chi connectivity index (χ4n) is 2.71. The number of aliphatic hydroxyl groups excluding tert-OH is 1. The quantitative estimate of drug-likeness (QED) is 0.926. The van der Waals surface area contributed by atoms with E-state index in [1.54, 1.807) is 4.68 Å². The van der Waals surface area contributed by atoms with Crippen molar-refractivity contribution >= 4 is 11.6 Å². The van der Waals surface area contributed by atoms with Gasteiger partial charge in [-0.15, -0.1) is 0 Å². The van der Waals surface area contributed by atoms with E-state index in [1.165, 1.54) is 5.56 Å². The van der Waals surface area contributed by atoms with Crippen LogP contribution in [0.3, 0.4) is 0 Å². The Morgan fingerprint density at radius 3 is 2.15 bits per heavy atom. The number of benzene rings is 1. The van der Waals surface area contributed by atoms with Crippen LogP contribution in [0.15, 0.2) is 12.1 Å². The van der Waals surface area contributed by atoms with E-state index in [4.69, 9.17) is 11.6 Å². The van der Waals surface area contributed by atoms with Crippen molar-refractivity contribution < 1.29 is 5.11 Å². The Hall–Kier alpha value is -1.32. The zero-order chi connectivity index (χ0) is 15.0.